The zero-order valence-corrected chi connectivity index (χ0v) is 13.0. The number of nitrogens with one attached hydrogen (secondary N) is 1. The molecule has 3 amide bonds. The molecule has 3 rings (SSSR count). The van der Waals surface area contributed by atoms with Crippen LogP contribution >= 0.6 is 0 Å². The fraction of sp³-hybridized carbons (Fsp3) is 0.529. The van der Waals surface area contributed by atoms with Crippen LogP contribution in [0.2, 0.25) is 0 Å². The van der Waals surface area contributed by atoms with E-state index in [1.165, 1.54) is 24.2 Å². The van der Waals surface area contributed by atoms with Crippen LogP contribution in [0.1, 0.15) is 31.7 Å². The fourth-order valence-electron chi connectivity index (χ4n) is 3.29. The predicted octanol–water partition coefficient (Wildman–Crippen LogP) is 1.94. The molecule has 2 fully saturated rings. The van der Waals surface area contributed by atoms with Gasteiger partial charge in [-0.05, 0) is 38.4 Å². The molecule has 1 atom stereocenters. The quantitative estimate of drug-likeness (QED) is 0.865. The molecule has 0 bridgehead atoms. The lowest BCUT2D eigenvalue weighted by molar-refractivity contribution is -0.131. The summed E-state index contributed by atoms with van der Waals surface area (Å²) in [5, 5.41) is 2.85. The van der Waals surface area contributed by atoms with Gasteiger partial charge in [-0.15, -0.1) is 0 Å². The minimum absolute atomic E-state index is 0.152. The van der Waals surface area contributed by atoms with E-state index < -0.39 is 5.54 Å². The van der Waals surface area contributed by atoms with Gasteiger partial charge in [-0.3, -0.25) is 9.69 Å². The second-order valence-electron chi connectivity index (χ2n) is 6.28. The first-order chi connectivity index (χ1) is 10.6. The van der Waals surface area contributed by atoms with Gasteiger partial charge >= 0.3 is 6.03 Å². The Labute approximate surface area is 131 Å². The Bertz CT molecular complexity index is 554. The first-order valence-corrected chi connectivity index (χ1v) is 8.03. The van der Waals surface area contributed by atoms with E-state index in [2.05, 4.69) is 10.2 Å². The van der Waals surface area contributed by atoms with Crippen molar-refractivity contribution in [3.63, 3.8) is 0 Å². The first-order valence-electron chi connectivity index (χ1n) is 8.03. The second kappa shape index (κ2) is 6.08. The Morgan fingerprint density at radius 2 is 1.73 bits per heavy atom. The summed E-state index contributed by atoms with van der Waals surface area (Å²) in [4.78, 5) is 28.7. The van der Waals surface area contributed by atoms with Crippen molar-refractivity contribution in [2.24, 2.45) is 0 Å². The highest BCUT2D eigenvalue weighted by Gasteiger charge is 2.48. The highest BCUT2D eigenvalue weighted by atomic mass is 16.2. The Kier molecular flexibility index (Phi) is 4.16. The number of rotatable bonds is 4. The van der Waals surface area contributed by atoms with E-state index in [1.807, 2.05) is 30.3 Å². The maximum atomic E-state index is 12.7. The number of imide groups is 1. The topological polar surface area (TPSA) is 52.7 Å². The lowest BCUT2D eigenvalue weighted by Crippen LogP contribution is -2.42. The lowest BCUT2D eigenvalue weighted by atomic mass is 9.92. The number of amides is 3. The number of carbonyl (C=O) groups excluding carboxylic acids is 2. The molecule has 0 aliphatic carbocycles. The second-order valence-corrected chi connectivity index (χ2v) is 6.28. The highest BCUT2D eigenvalue weighted by molar-refractivity contribution is 6.07. The molecular weight excluding hydrogens is 278 g/mol. The zero-order valence-electron chi connectivity index (χ0n) is 13.0. The van der Waals surface area contributed by atoms with Gasteiger partial charge in [-0.2, -0.15) is 0 Å². The lowest BCUT2D eigenvalue weighted by Gasteiger charge is -2.28. The van der Waals surface area contributed by atoms with Gasteiger partial charge in [-0.1, -0.05) is 36.8 Å². The summed E-state index contributed by atoms with van der Waals surface area (Å²) in [6, 6.07) is 9.15. The van der Waals surface area contributed by atoms with Crippen LogP contribution in [0.4, 0.5) is 4.79 Å². The number of nitrogens with zero attached hydrogens (tertiary/aromatic N) is 2. The van der Waals surface area contributed by atoms with Gasteiger partial charge in [0.2, 0.25) is 0 Å². The van der Waals surface area contributed by atoms with E-state index >= 15 is 0 Å². The molecule has 0 unspecified atom stereocenters. The van der Waals surface area contributed by atoms with E-state index in [0.717, 1.165) is 25.2 Å². The standard InChI is InChI=1S/C17H23N3O2/c1-17(14-8-4-2-5-9-14)15(21)20(16(22)18-17)13-12-19-10-6-3-7-11-19/h2,4-5,8-9H,3,6-7,10-13H2,1H3,(H,18,22)/t17-/m0/s1. The minimum atomic E-state index is -0.944. The number of benzene rings is 1. The average molecular weight is 301 g/mol. The number of piperidine rings is 1. The summed E-state index contributed by atoms with van der Waals surface area (Å²) < 4.78 is 0. The van der Waals surface area contributed by atoms with Crippen LogP contribution in [0, 0.1) is 0 Å². The van der Waals surface area contributed by atoms with Crippen LogP contribution in [0.5, 0.6) is 0 Å². The average Bonchev–Trinajstić information content (AvgIpc) is 2.78. The summed E-state index contributed by atoms with van der Waals surface area (Å²) in [6.07, 6.45) is 3.70. The largest absolute Gasteiger partial charge is 0.325 e. The van der Waals surface area contributed by atoms with Crippen LogP contribution in [0.25, 0.3) is 0 Å². The van der Waals surface area contributed by atoms with Crippen LogP contribution in [-0.2, 0) is 10.3 Å². The normalized spacial score (nSPS) is 26.3. The monoisotopic (exact) mass is 301 g/mol. The SMILES string of the molecule is C[C@@]1(c2ccccc2)NC(=O)N(CCN2CCCCC2)C1=O. The molecular formula is C17H23N3O2. The number of urea groups is 1. The molecule has 0 spiro atoms. The Balaban J connectivity index is 1.69. The molecule has 2 heterocycles. The van der Waals surface area contributed by atoms with Crippen molar-refractivity contribution in [1.82, 2.24) is 15.1 Å². The Hall–Kier alpha value is -1.88. The minimum Gasteiger partial charge on any atom is -0.319 e. The van der Waals surface area contributed by atoms with Gasteiger partial charge in [0.25, 0.3) is 5.91 Å². The predicted molar refractivity (Wildman–Crippen MR) is 84.3 cm³/mol. The summed E-state index contributed by atoms with van der Waals surface area (Å²) in [6.45, 7) is 5.15. The number of hydrogen-bond acceptors (Lipinski definition) is 3. The van der Waals surface area contributed by atoms with Gasteiger partial charge in [0, 0.05) is 13.1 Å². The van der Waals surface area contributed by atoms with Crippen molar-refractivity contribution in [3.8, 4) is 0 Å². The first kappa shape index (κ1) is 15.0. The highest BCUT2D eigenvalue weighted by Crippen LogP contribution is 2.28. The number of carbonyl (C=O) groups is 2. The number of likely N-dealkylation sites (tertiary alicyclic amines) is 1. The zero-order chi connectivity index (χ0) is 15.6. The third kappa shape index (κ3) is 2.73. The summed E-state index contributed by atoms with van der Waals surface area (Å²) in [5.74, 6) is -0.152. The number of hydrogen-bond donors (Lipinski definition) is 1. The molecule has 5 nitrogen and oxygen atoms in total. The molecule has 0 radical (unpaired) electrons. The smallest absolute Gasteiger partial charge is 0.319 e. The van der Waals surface area contributed by atoms with Gasteiger partial charge in [0.15, 0.2) is 0 Å². The van der Waals surface area contributed by atoms with Crippen molar-refractivity contribution < 1.29 is 9.59 Å². The van der Waals surface area contributed by atoms with Gasteiger partial charge in [-0.25, -0.2) is 4.79 Å². The molecule has 2 aliphatic heterocycles. The van der Waals surface area contributed by atoms with E-state index in [4.69, 9.17) is 0 Å². The van der Waals surface area contributed by atoms with Crippen molar-refractivity contribution in [2.75, 3.05) is 26.2 Å². The van der Waals surface area contributed by atoms with Crippen molar-refractivity contribution in [3.05, 3.63) is 35.9 Å². The summed E-state index contributed by atoms with van der Waals surface area (Å²) >= 11 is 0. The molecule has 118 valence electrons. The molecule has 2 aliphatic rings. The van der Waals surface area contributed by atoms with E-state index in [-0.39, 0.29) is 11.9 Å². The maximum absolute atomic E-state index is 12.7. The van der Waals surface area contributed by atoms with E-state index in [0.29, 0.717) is 6.54 Å². The fourth-order valence-corrected chi connectivity index (χ4v) is 3.29. The molecule has 1 aromatic rings. The Morgan fingerprint density at radius 1 is 1.05 bits per heavy atom. The van der Waals surface area contributed by atoms with Crippen LogP contribution in [0.15, 0.2) is 30.3 Å². The molecule has 2 saturated heterocycles. The van der Waals surface area contributed by atoms with Crippen LogP contribution in [-0.4, -0.2) is 47.9 Å². The van der Waals surface area contributed by atoms with Crippen LogP contribution in [0.3, 0.4) is 0 Å². The van der Waals surface area contributed by atoms with Gasteiger partial charge < -0.3 is 10.2 Å². The molecule has 1 aromatic carbocycles. The molecule has 22 heavy (non-hydrogen) atoms. The molecule has 0 aromatic heterocycles. The maximum Gasteiger partial charge on any atom is 0.325 e. The third-order valence-corrected chi connectivity index (χ3v) is 4.71. The molecule has 0 saturated carbocycles. The van der Waals surface area contributed by atoms with Crippen LogP contribution < -0.4 is 5.32 Å². The van der Waals surface area contributed by atoms with E-state index in [9.17, 15) is 9.59 Å². The van der Waals surface area contributed by atoms with Crippen molar-refractivity contribution in [2.45, 2.75) is 31.7 Å². The van der Waals surface area contributed by atoms with Gasteiger partial charge in [0.1, 0.15) is 5.54 Å². The third-order valence-electron chi connectivity index (χ3n) is 4.71. The molecule has 5 heteroatoms. The van der Waals surface area contributed by atoms with E-state index in [1.54, 1.807) is 6.92 Å². The Morgan fingerprint density at radius 3 is 2.41 bits per heavy atom. The molecule has 1 N–H and O–H groups in total. The summed E-state index contributed by atoms with van der Waals surface area (Å²) in [5.41, 5.74) is -0.117. The summed E-state index contributed by atoms with van der Waals surface area (Å²) in [7, 11) is 0. The van der Waals surface area contributed by atoms with Gasteiger partial charge in [0.05, 0.1) is 0 Å². The van der Waals surface area contributed by atoms with Crippen molar-refractivity contribution in [1.29, 1.82) is 0 Å². The van der Waals surface area contributed by atoms with Crippen molar-refractivity contribution >= 4 is 11.9 Å².